The van der Waals surface area contributed by atoms with Gasteiger partial charge in [-0.05, 0) is 24.5 Å². The first-order valence-electron chi connectivity index (χ1n) is 6.86. The number of nitrogens with zero attached hydrogens (tertiary/aromatic N) is 3. The predicted molar refractivity (Wildman–Crippen MR) is 85.3 cm³/mol. The van der Waals surface area contributed by atoms with Crippen molar-refractivity contribution in [1.82, 2.24) is 9.55 Å². The van der Waals surface area contributed by atoms with Crippen molar-refractivity contribution in [3.63, 3.8) is 0 Å². The molecule has 0 bridgehead atoms. The van der Waals surface area contributed by atoms with E-state index in [-0.39, 0.29) is 5.56 Å². The van der Waals surface area contributed by atoms with Crippen molar-refractivity contribution in [3.8, 4) is 0 Å². The van der Waals surface area contributed by atoms with Gasteiger partial charge in [-0.3, -0.25) is 9.36 Å². The number of hydrogen-bond acceptors (Lipinski definition) is 3. The molecule has 0 saturated carbocycles. The number of quaternary nitrogens is 1. The molecule has 0 aliphatic rings. The summed E-state index contributed by atoms with van der Waals surface area (Å²) in [4.78, 5) is 17.0. The molecule has 2 rings (SSSR count). The smallest absolute Gasteiger partial charge is 0.262 e. The number of halogens is 1. The third-order valence-electron chi connectivity index (χ3n) is 3.27. The lowest BCUT2D eigenvalue weighted by Gasteiger charge is -2.24. The second-order valence-corrected chi connectivity index (χ2v) is 6.86. The van der Waals surface area contributed by atoms with Gasteiger partial charge in [0.15, 0.2) is 5.16 Å². The average molecular weight is 310 g/mol. The molecule has 0 atom stereocenters. The molecule has 1 aromatic heterocycles. The zero-order valence-corrected chi connectivity index (χ0v) is 13.7. The maximum atomic E-state index is 13.4. The SMILES string of the molecule is CSc1nc2ccc(F)cc2c(=O)n1CCC[N+](C)(C)C. The van der Waals surface area contributed by atoms with Gasteiger partial charge in [-0.15, -0.1) is 0 Å². The molecule has 4 nitrogen and oxygen atoms in total. The number of fused-ring (bicyclic) bond motifs is 1. The first-order valence-corrected chi connectivity index (χ1v) is 8.09. The second-order valence-electron chi connectivity index (χ2n) is 6.08. The normalized spacial score (nSPS) is 12.0. The molecule has 0 radical (unpaired) electrons. The fraction of sp³-hybridized carbons (Fsp3) is 0.467. The van der Waals surface area contributed by atoms with E-state index in [1.807, 2.05) is 6.26 Å². The summed E-state index contributed by atoms with van der Waals surface area (Å²) < 4.78 is 15.9. The summed E-state index contributed by atoms with van der Waals surface area (Å²) in [6, 6.07) is 4.16. The van der Waals surface area contributed by atoms with Crippen LogP contribution in [0, 0.1) is 5.82 Å². The van der Waals surface area contributed by atoms with E-state index in [0.717, 1.165) is 17.4 Å². The van der Waals surface area contributed by atoms with E-state index >= 15 is 0 Å². The van der Waals surface area contributed by atoms with E-state index in [9.17, 15) is 9.18 Å². The van der Waals surface area contributed by atoms with E-state index in [2.05, 4.69) is 26.1 Å². The fourth-order valence-electron chi connectivity index (χ4n) is 2.23. The Bertz CT molecular complexity index is 706. The predicted octanol–water partition coefficient (Wildman–Crippen LogP) is 2.35. The summed E-state index contributed by atoms with van der Waals surface area (Å²) in [5.74, 6) is -0.406. The molecule has 21 heavy (non-hydrogen) atoms. The quantitative estimate of drug-likeness (QED) is 0.483. The Kier molecular flexibility index (Phi) is 4.68. The highest BCUT2D eigenvalue weighted by Crippen LogP contribution is 2.16. The lowest BCUT2D eigenvalue weighted by molar-refractivity contribution is -0.870. The van der Waals surface area contributed by atoms with Crippen molar-refractivity contribution in [2.75, 3.05) is 33.9 Å². The maximum Gasteiger partial charge on any atom is 0.262 e. The molecule has 6 heteroatoms. The van der Waals surface area contributed by atoms with Crippen LogP contribution in [0.25, 0.3) is 10.9 Å². The van der Waals surface area contributed by atoms with Crippen LogP contribution in [0.15, 0.2) is 28.2 Å². The van der Waals surface area contributed by atoms with Crippen molar-refractivity contribution < 1.29 is 8.87 Å². The Hall–Kier alpha value is -1.40. The highest BCUT2D eigenvalue weighted by molar-refractivity contribution is 7.98. The number of rotatable bonds is 5. The summed E-state index contributed by atoms with van der Waals surface area (Å²) in [5.41, 5.74) is 0.388. The van der Waals surface area contributed by atoms with Gasteiger partial charge in [0.05, 0.1) is 38.6 Å². The Labute approximate surface area is 128 Å². The highest BCUT2D eigenvalue weighted by atomic mass is 32.2. The maximum absolute atomic E-state index is 13.4. The van der Waals surface area contributed by atoms with Crippen molar-refractivity contribution in [2.45, 2.75) is 18.1 Å². The number of thioether (sulfide) groups is 1. The molecule has 2 aromatic rings. The minimum atomic E-state index is -0.406. The number of aromatic nitrogens is 2. The molecule has 0 saturated heterocycles. The van der Waals surface area contributed by atoms with Crippen molar-refractivity contribution in [1.29, 1.82) is 0 Å². The van der Waals surface area contributed by atoms with Gasteiger partial charge in [0.2, 0.25) is 0 Å². The first kappa shape index (κ1) is 16.0. The van der Waals surface area contributed by atoms with Crippen LogP contribution in [0.4, 0.5) is 4.39 Å². The first-order chi connectivity index (χ1) is 9.81. The molecule has 114 valence electrons. The van der Waals surface area contributed by atoms with E-state index in [1.54, 1.807) is 10.6 Å². The Morgan fingerprint density at radius 3 is 2.67 bits per heavy atom. The van der Waals surface area contributed by atoms with Gasteiger partial charge in [0.25, 0.3) is 5.56 Å². The molecule has 1 heterocycles. The van der Waals surface area contributed by atoms with Gasteiger partial charge in [-0.25, -0.2) is 9.37 Å². The summed E-state index contributed by atoms with van der Waals surface area (Å²) in [7, 11) is 6.35. The monoisotopic (exact) mass is 310 g/mol. The zero-order chi connectivity index (χ0) is 15.6. The average Bonchev–Trinajstić information content (AvgIpc) is 2.40. The van der Waals surface area contributed by atoms with Crippen LogP contribution in [0.3, 0.4) is 0 Å². The molecule has 0 aliphatic heterocycles. The van der Waals surface area contributed by atoms with Crippen molar-refractivity contribution in [2.24, 2.45) is 0 Å². The van der Waals surface area contributed by atoms with Crippen LogP contribution in [0.5, 0.6) is 0 Å². The second kappa shape index (κ2) is 6.15. The summed E-state index contributed by atoms with van der Waals surface area (Å²) in [6.45, 7) is 1.56. The Morgan fingerprint density at radius 1 is 1.33 bits per heavy atom. The van der Waals surface area contributed by atoms with E-state index in [0.29, 0.717) is 22.6 Å². The highest BCUT2D eigenvalue weighted by Gasteiger charge is 2.13. The Morgan fingerprint density at radius 2 is 2.05 bits per heavy atom. The van der Waals surface area contributed by atoms with E-state index in [4.69, 9.17) is 0 Å². The lowest BCUT2D eigenvalue weighted by atomic mass is 10.2. The summed E-state index contributed by atoms with van der Waals surface area (Å²) >= 11 is 1.44. The molecular weight excluding hydrogens is 289 g/mol. The van der Waals surface area contributed by atoms with Gasteiger partial charge in [-0.2, -0.15) is 0 Å². The molecular formula is C15H21FN3OS+. The van der Waals surface area contributed by atoms with Crippen LogP contribution < -0.4 is 5.56 Å². The van der Waals surface area contributed by atoms with Gasteiger partial charge >= 0.3 is 0 Å². The van der Waals surface area contributed by atoms with Gasteiger partial charge < -0.3 is 4.48 Å². The molecule has 0 spiro atoms. The molecule has 0 amide bonds. The number of benzene rings is 1. The van der Waals surface area contributed by atoms with Gasteiger partial charge in [-0.1, -0.05) is 11.8 Å². The van der Waals surface area contributed by atoms with E-state index < -0.39 is 5.82 Å². The minimum Gasteiger partial charge on any atom is -0.331 e. The van der Waals surface area contributed by atoms with Crippen LogP contribution in [0.1, 0.15) is 6.42 Å². The summed E-state index contributed by atoms with van der Waals surface area (Å²) in [5, 5.41) is 1.03. The van der Waals surface area contributed by atoms with Crippen molar-refractivity contribution >= 4 is 22.7 Å². The van der Waals surface area contributed by atoms with Gasteiger partial charge in [0, 0.05) is 13.0 Å². The molecule has 0 aliphatic carbocycles. The minimum absolute atomic E-state index is 0.162. The molecule has 0 N–H and O–H groups in total. The lowest BCUT2D eigenvalue weighted by Crippen LogP contribution is -2.36. The Balaban J connectivity index is 2.41. The van der Waals surface area contributed by atoms with Crippen LogP contribution in [-0.2, 0) is 6.54 Å². The van der Waals surface area contributed by atoms with E-state index in [1.165, 1.54) is 23.9 Å². The largest absolute Gasteiger partial charge is 0.331 e. The molecule has 0 fully saturated rings. The molecule has 0 unspecified atom stereocenters. The third kappa shape index (κ3) is 3.83. The molecule has 1 aromatic carbocycles. The standard InChI is InChI=1S/C15H21FN3OS/c1-19(2,3)9-5-8-18-14(20)12-10-11(16)6-7-13(12)17-15(18)21-4/h6-7,10H,5,8-9H2,1-4H3/q+1. The van der Waals surface area contributed by atoms with Crippen LogP contribution in [-0.4, -0.2) is 48.0 Å². The van der Waals surface area contributed by atoms with Crippen LogP contribution >= 0.6 is 11.8 Å². The van der Waals surface area contributed by atoms with Crippen LogP contribution in [0.2, 0.25) is 0 Å². The zero-order valence-electron chi connectivity index (χ0n) is 12.9. The fourth-order valence-corrected chi connectivity index (χ4v) is 2.81. The van der Waals surface area contributed by atoms with Crippen molar-refractivity contribution in [3.05, 3.63) is 34.4 Å². The van der Waals surface area contributed by atoms with Gasteiger partial charge in [0.1, 0.15) is 5.82 Å². The summed E-state index contributed by atoms with van der Waals surface area (Å²) in [6.07, 6.45) is 2.77. The number of hydrogen-bond donors (Lipinski definition) is 0. The topological polar surface area (TPSA) is 34.9 Å². The third-order valence-corrected chi connectivity index (χ3v) is 3.95.